The van der Waals surface area contributed by atoms with Crippen LogP contribution in [-0.4, -0.2) is 17.5 Å². The van der Waals surface area contributed by atoms with Gasteiger partial charge in [-0.3, -0.25) is 0 Å². The molecule has 1 aromatic carbocycles. The highest BCUT2D eigenvalue weighted by Crippen LogP contribution is 2.18. The number of benzene rings is 1. The van der Waals surface area contributed by atoms with Crippen molar-refractivity contribution >= 4 is 34.6 Å². The van der Waals surface area contributed by atoms with Gasteiger partial charge in [0.25, 0.3) is 0 Å². The lowest BCUT2D eigenvalue weighted by molar-refractivity contribution is 0.340. The maximum atomic E-state index is 5.45. The lowest BCUT2D eigenvalue weighted by Gasteiger charge is -2.02. The summed E-state index contributed by atoms with van der Waals surface area (Å²) in [6.45, 7) is 4.67. The summed E-state index contributed by atoms with van der Waals surface area (Å²) in [4.78, 5) is 6.65. The number of ether oxygens (including phenoxy) is 1. The standard InChI is InChI=1S/C17H17N3OS2/c1-3-21-15-8-6-14(7-9-15)19-17-20(13(2)12-23-17)18-11-16-5-4-10-22-16/h4-12H,3H2,1-2H3. The molecule has 23 heavy (non-hydrogen) atoms. The third kappa shape index (κ3) is 3.97. The molecule has 2 aromatic heterocycles. The molecule has 0 saturated carbocycles. The monoisotopic (exact) mass is 343 g/mol. The predicted molar refractivity (Wildman–Crippen MR) is 97.2 cm³/mol. The van der Waals surface area contributed by atoms with Gasteiger partial charge < -0.3 is 4.74 Å². The number of thiophene rings is 1. The maximum absolute atomic E-state index is 5.45. The second-order valence-corrected chi connectivity index (χ2v) is 6.59. The van der Waals surface area contributed by atoms with Gasteiger partial charge in [-0.2, -0.15) is 5.10 Å². The van der Waals surface area contributed by atoms with Crippen LogP contribution in [-0.2, 0) is 0 Å². The Morgan fingerprint density at radius 2 is 2.00 bits per heavy atom. The van der Waals surface area contributed by atoms with E-state index in [9.17, 15) is 0 Å². The predicted octanol–water partition coefficient (Wildman–Crippen LogP) is 4.43. The second-order valence-electron chi connectivity index (χ2n) is 4.77. The molecule has 0 saturated heterocycles. The molecule has 0 aliphatic heterocycles. The van der Waals surface area contributed by atoms with Gasteiger partial charge in [0.1, 0.15) is 5.75 Å². The molecular formula is C17H17N3OS2. The molecule has 0 spiro atoms. The van der Waals surface area contributed by atoms with E-state index in [1.165, 1.54) is 0 Å². The highest BCUT2D eigenvalue weighted by Gasteiger charge is 2.00. The molecule has 3 rings (SSSR count). The summed E-state index contributed by atoms with van der Waals surface area (Å²) in [5.74, 6) is 0.859. The minimum absolute atomic E-state index is 0.665. The fraction of sp³-hybridized carbons (Fsp3) is 0.176. The Balaban J connectivity index is 1.90. The van der Waals surface area contributed by atoms with Crippen molar-refractivity contribution in [1.29, 1.82) is 0 Å². The van der Waals surface area contributed by atoms with E-state index >= 15 is 0 Å². The SMILES string of the molecule is CCOc1ccc(N=c2scc(C)n2N=Cc2cccs2)cc1. The van der Waals surface area contributed by atoms with Crippen LogP contribution in [0.15, 0.2) is 57.3 Å². The Labute approximate surface area is 143 Å². The molecular weight excluding hydrogens is 326 g/mol. The van der Waals surface area contributed by atoms with Crippen LogP contribution in [0.25, 0.3) is 0 Å². The van der Waals surface area contributed by atoms with Gasteiger partial charge in [-0.1, -0.05) is 6.07 Å². The van der Waals surface area contributed by atoms with E-state index in [0.29, 0.717) is 6.61 Å². The fourth-order valence-electron chi connectivity index (χ4n) is 1.98. The number of nitrogens with zero attached hydrogens (tertiary/aromatic N) is 3. The average molecular weight is 343 g/mol. The molecule has 0 bridgehead atoms. The molecule has 0 fully saturated rings. The van der Waals surface area contributed by atoms with Crippen LogP contribution in [0.5, 0.6) is 5.75 Å². The Hall–Kier alpha value is -2.18. The largest absolute Gasteiger partial charge is 0.494 e. The molecule has 6 heteroatoms. The molecule has 0 N–H and O–H groups in total. The zero-order valence-corrected chi connectivity index (χ0v) is 14.6. The molecule has 0 radical (unpaired) electrons. The van der Waals surface area contributed by atoms with Gasteiger partial charge in [0.15, 0.2) is 0 Å². The van der Waals surface area contributed by atoms with Gasteiger partial charge in [-0.15, -0.1) is 22.7 Å². The van der Waals surface area contributed by atoms with Crippen molar-refractivity contribution in [2.45, 2.75) is 13.8 Å². The summed E-state index contributed by atoms with van der Waals surface area (Å²) >= 11 is 3.24. The van der Waals surface area contributed by atoms with Crippen molar-refractivity contribution < 1.29 is 4.74 Å². The van der Waals surface area contributed by atoms with Crippen molar-refractivity contribution in [1.82, 2.24) is 4.68 Å². The van der Waals surface area contributed by atoms with E-state index in [2.05, 4.69) is 15.5 Å². The summed E-state index contributed by atoms with van der Waals surface area (Å²) < 4.78 is 7.31. The van der Waals surface area contributed by atoms with Gasteiger partial charge in [-0.25, -0.2) is 9.67 Å². The first-order valence-corrected chi connectivity index (χ1v) is 9.05. The summed E-state index contributed by atoms with van der Waals surface area (Å²) in [6.07, 6.45) is 1.86. The minimum Gasteiger partial charge on any atom is -0.494 e. The average Bonchev–Trinajstić information content (AvgIpc) is 3.18. The van der Waals surface area contributed by atoms with Gasteiger partial charge >= 0.3 is 0 Å². The molecule has 0 unspecified atom stereocenters. The summed E-state index contributed by atoms with van der Waals surface area (Å²) in [5, 5.41) is 8.64. The number of hydrogen-bond acceptors (Lipinski definition) is 5. The van der Waals surface area contributed by atoms with Crippen molar-refractivity contribution in [3.05, 3.63) is 62.5 Å². The van der Waals surface area contributed by atoms with Crippen LogP contribution in [0.2, 0.25) is 0 Å². The van der Waals surface area contributed by atoms with Gasteiger partial charge in [0.2, 0.25) is 4.80 Å². The van der Waals surface area contributed by atoms with Gasteiger partial charge in [-0.05, 0) is 49.6 Å². The van der Waals surface area contributed by atoms with E-state index in [4.69, 9.17) is 4.74 Å². The number of aryl methyl sites for hydroxylation is 1. The van der Waals surface area contributed by atoms with Gasteiger partial charge in [0.05, 0.1) is 24.2 Å². The van der Waals surface area contributed by atoms with E-state index in [1.54, 1.807) is 22.7 Å². The van der Waals surface area contributed by atoms with E-state index in [0.717, 1.165) is 26.8 Å². The van der Waals surface area contributed by atoms with E-state index < -0.39 is 0 Å². The van der Waals surface area contributed by atoms with Crippen LogP contribution in [0.4, 0.5) is 5.69 Å². The number of hydrogen-bond donors (Lipinski definition) is 0. The van der Waals surface area contributed by atoms with Crippen LogP contribution in [0.3, 0.4) is 0 Å². The molecule has 0 aliphatic carbocycles. The molecule has 0 atom stereocenters. The smallest absolute Gasteiger partial charge is 0.211 e. The third-order valence-corrected chi connectivity index (χ3v) is 4.81. The number of aromatic nitrogens is 1. The Bertz CT molecular complexity index is 843. The van der Waals surface area contributed by atoms with Crippen LogP contribution in [0, 0.1) is 6.92 Å². The van der Waals surface area contributed by atoms with Crippen molar-refractivity contribution in [2.75, 3.05) is 6.61 Å². The number of thiazole rings is 1. The first kappa shape index (κ1) is 15.7. The summed E-state index contributed by atoms with van der Waals surface area (Å²) in [6, 6.07) is 11.8. The second kappa shape index (κ2) is 7.39. The molecule has 118 valence electrons. The fourth-order valence-corrected chi connectivity index (χ4v) is 3.38. The van der Waals surface area contributed by atoms with Crippen molar-refractivity contribution in [3.8, 4) is 5.75 Å². The van der Waals surface area contributed by atoms with Crippen molar-refractivity contribution in [2.24, 2.45) is 10.1 Å². The Morgan fingerprint density at radius 3 is 2.70 bits per heavy atom. The molecule has 4 nitrogen and oxygen atoms in total. The first-order chi connectivity index (χ1) is 11.3. The molecule has 2 heterocycles. The molecule has 0 amide bonds. The summed E-state index contributed by atoms with van der Waals surface area (Å²) in [5.41, 5.74) is 1.95. The van der Waals surface area contributed by atoms with E-state index in [-0.39, 0.29) is 0 Å². The van der Waals surface area contributed by atoms with Gasteiger partial charge in [0, 0.05) is 10.3 Å². The summed E-state index contributed by atoms with van der Waals surface area (Å²) in [7, 11) is 0. The Morgan fingerprint density at radius 1 is 1.17 bits per heavy atom. The molecule has 0 aliphatic rings. The normalized spacial score (nSPS) is 12.2. The highest BCUT2D eigenvalue weighted by atomic mass is 32.1. The zero-order chi connectivity index (χ0) is 16.1. The lowest BCUT2D eigenvalue weighted by Crippen LogP contribution is -2.11. The van der Waals surface area contributed by atoms with Crippen LogP contribution >= 0.6 is 22.7 Å². The minimum atomic E-state index is 0.665. The van der Waals surface area contributed by atoms with Crippen LogP contribution < -0.4 is 9.54 Å². The maximum Gasteiger partial charge on any atom is 0.211 e. The topological polar surface area (TPSA) is 38.9 Å². The number of rotatable bonds is 5. The quantitative estimate of drug-likeness (QED) is 0.632. The highest BCUT2D eigenvalue weighted by molar-refractivity contribution is 7.11. The Kier molecular flexibility index (Phi) is 5.05. The van der Waals surface area contributed by atoms with Crippen LogP contribution in [0.1, 0.15) is 17.5 Å². The first-order valence-electron chi connectivity index (χ1n) is 7.29. The van der Waals surface area contributed by atoms with E-state index in [1.807, 2.05) is 66.5 Å². The lowest BCUT2D eigenvalue weighted by atomic mass is 10.3. The third-order valence-electron chi connectivity index (χ3n) is 3.07. The zero-order valence-electron chi connectivity index (χ0n) is 13.0. The molecule has 3 aromatic rings. The van der Waals surface area contributed by atoms with Crippen molar-refractivity contribution in [3.63, 3.8) is 0 Å².